The number of carbonyl (C=O) groups excluding carboxylic acids is 1. The van der Waals surface area contributed by atoms with E-state index in [0.29, 0.717) is 62.6 Å². The number of likely N-dealkylation sites (tertiary alicyclic amines) is 1. The first-order chi connectivity index (χ1) is 21.2. The lowest BCUT2D eigenvalue weighted by Crippen LogP contribution is -2.55. The summed E-state index contributed by atoms with van der Waals surface area (Å²) < 4.78 is 34.1. The van der Waals surface area contributed by atoms with Crippen LogP contribution in [0.3, 0.4) is 0 Å². The minimum Gasteiger partial charge on any atom is -0.506 e. The Bertz CT molecular complexity index is 1440. The Labute approximate surface area is 263 Å². The van der Waals surface area contributed by atoms with E-state index in [1.807, 2.05) is 17.9 Å². The molecule has 0 spiro atoms. The molecule has 0 radical (unpaired) electrons. The van der Waals surface area contributed by atoms with Gasteiger partial charge in [0.05, 0.1) is 17.7 Å². The van der Waals surface area contributed by atoms with Gasteiger partial charge in [-0.15, -0.1) is 0 Å². The molecule has 236 valence electrons. The largest absolute Gasteiger partial charge is 0.506 e. The fourth-order valence-corrected chi connectivity index (χ4v) is 6.48. The van der Waals surface area contributed by atoms with Crippen LogP contribution in [-0.4, -0.2) is 84.2 Å². The van der Waals surface area contributed by atoms with Gasteiger partial charge < -0.3 is 25.4 Å². The molecule has 0 aliphatic carbocycles. The first kappa shape index (κ1) is 32.2. The Morgan fingerprint density at radius 1 is 1.02 bits per heavy atom. The van der Waals surface area contributed by atoms with Crippen molar-refractivity contribution < 1.29 is 23.4 Å². The van der Waals surface area contributed by atoms with E-state index in [2.05, 4.69) is 9.80 Å². The van der Waals surface area contributed by atoms with Gasteiger partial charge in [0.2, 0.25) is 5.91 Å². The van der Waals surface area contributed by atoms with Crippen molar-refractivity contribution in [2.45, 2.75) is 38.8 Å². The van der Waals surface area contributed by atoms with Gasteiger partial charge in [0, 0.05) is 44.8 Å². The summed E-state index contributed by atoms with van der Waals surface area (Å²) in [6.07, 6.45) is 2.34. The molecule has 10 heteroatoms. The Morgan fingerprint density at radius 3 is 2.45 bits per heavy atom. The zero-order valence-electron chi connectivity index (χ0n) is 25.2. The van der Waals surface area contributed by atoms with Gasteiger partial charge in [-0.3, -0.25) is 9.69 Å². The number of benzene rings is 3. The molecule has 2 fully saturated rings. The molecule has 0 saturated carbocycles. The lowest BCUT2D eigenvalue weighted by atomic mass is 9.88. The summed E-state index contributed by atoms with van der Waals surface area (Å²) in [5.74, 6) is 0.0186. The van der Waals surface area contributed by atoms with Crippen LogP contribution in [0.15, 0.2) is 54.6 Å². The third kappa shape index (κ3) is 7.69. The number of phenols is 1. The quantitative estimate of drug-likeness (QED) is 0.317. The Kier molecular flexibility index (Phi) is 10.7. The molecule has 0 unspecified atom stereocenters. The van der Waals surface area contributed by atoms with E-state index in [1.54, 1.807) is 30.3 Å². The fraction of sp³-hybridized carbons (Fsp3) is 0.441. The van der Waals surface area contributed by atoms with Gasteiger partial charge in [0.15, 0.2) is 0 Å². The SMILES string of the molecule is CCOc1cccc(F)c1CN1CCN(C(=O)[C@H](N)C2CCN(CCc3cc(Cl)c(O)cc3-c3cccc(F)c3)CC2)CC1. The number of piperidine rings is 1. The van der Waals surface area contributed by atoms with E-state index < -0.39 is 6.04 Å². The van der Waals surface area contributed by atoms with Crippen LogP contribution in [-0.2, 0) is 17.8 Å². The standard InChI is InChI=1S/C34H41ClF2N4O3/c1-2-44-32-8-4-7-30(37)28(32)22-40-15-17-41(18-16-40)34(43)33(38)23-9-12-39(13-10-23)14-11-25-20-29(35)31(42)21-27(25)24-5-3-6-26(36)19-24/h3-8,19-21,23,33,42H,2,9-18,22,38H2,1H3/t33-/m1/s1. The van der Waals surface area contributed by atoms with Gasteiger partial charge in [-0.05, 0) is 98.3 Å². The molecule has 44 heavy (non-hydrogen) atoms. The maximum absolute atomic E-state index is 14.5. The smallest absolute Gasteiger partial charge is 0.239 e. The number of rotatable bonds is 10. The summed E-state index contributed by atoms with van der Waals surface area (Å²) in [6.45, 7) is 7.64. The van der Waals surface area contributed by atoms with Crippen molar-refractivity contribution in [3.05, 3.63) is 82.4 Å². The molecule has 3 N–H and O–H groups in total. The van der Waals surface area contributed by atoms with Gasteiger partial charge >= 0.3 is 0 Å². The topological polar surface area (TPSA) is 82.3 Å². The summed E-state index contributed by atoms with van der Waals surface area (Å²) >= 11 is 6.23. The number of nitrogens with zero attached hydrogens (tertiary/aromatic N) is 3. The second-order valence-corrected chi connectivity index (χ2v) is 12.1. The van der Waals surface area contributed by atoms with Crippen LogP contribution in [0.25, 0.3) is 11.1 Å². The third-order valence-electron chi connectivity index (χ3n) is 8.87. The molecular formula is C34H41ClF2N4O3. The van der Waals surface area contributed by atoms with Crippen molar-refractivity contribution in [1.29, 1.82) is 0 Å². The molecule has 1 atom stereocenters. The van der Waals surface area contributed by atoms with Crippen LogP contribution in [0.5, 0.6) is 11.5 Å². The average molecular weight is 627 g/mol. The Hall–Kier alpha value is -3.24. The van der Waals surface area contributed by atoms with Gasteiger partial charge in [0.25, 0.3) is 0 Å². The van der Waals surface area contributed by atoms with Crippen LogP contribution in [0.2, 0.25) is 5.02 Å². The molecule has 7 nitrogen and oxygen atoms in total. The maximum atomic E-state index is 14.5. The molecule has 1 amide bonds. The molecule has 2 aliphatic rings. The van der Waals surface area contributed by atoms with Crippen LogP contribution >= 0.6 is 11.6 Å². The van der Waals surface area contributed by atoms with Crippen molar-refractivity contribution in [2.75, 3.05) is 52.4 Å². The van der Waals surface area contributed by atoms with Crippen LogP contribution < -0.4 is 10.5 Å². The van der Waals surface area contributed by atoms with Crippen LogP contribution in [0.4, 0.5) is 8.78 Å². The first-order valence-corrected chi connectivity index (χ1v) is 15.8. The van der Waals surface area contributed by atoms with E-state index in [0.717, 1.165) is 43.6 Å². The molecule has 2 saturated heterocycles. The zero-order chi connectivity index (χ0) is 31.2. The predicted octanol–water partition coefficient (Wildman–Crippen LogP) is 5.32. The van der Waals surface area contributed by atoms with Crippen LogP contribution in [0.1, 0.15) is 30.9 Å². The van der Waals surface area contributed by atoms with E-state index in [1.165, 1.54) is 18.2 Å². The minimum absolute atomic E-state index is 0.0116. The summed E-state index contributed by atoms with van der Waals surface area (Å²) in [6, 6.07) is 14.0. The lowest BCUT2D eigenvalue weighted by Gasteiger charge is -2.39. The molecule has 2 heterocycles. The highest BCUT2D eigenvalue weighted by Gasteiger charge is 2.33. The number of hydrogen-bond acceptors (Lipinski definition) is 6. The highest BCUT2D eigenvalue weighted by Crippen LogP contribution is 2.34. The highest BCUT2D eigenvalue weighted by atomic mass is 35.5. The zero-order valence-corrected chi connectivity index (χ0v) is 25.9. The number of ether oxygens (including phenoxy) is 1. The summed E-state index contributed by atoms with van der Waals surface area (Å²) in [5, 5.41) is 10.5. The highest BCUT2D eigenvalue weighted by molar-refractivity contribution is 6.32. The number of hydrogen-bond donors (Lipinski definition) is 2. The lowest BCUT2D eigenvalue weighted by molar-refractivity contribution is -0.136. The van der Waals surface area contributed by atoms with Crippen molar-refractivity contribution in [3.63, 3.8) is 0 Å². The fourth-order valence-electron chi connectivity index (χ4n) is 6.29. The van der Waals surface area contributed by atoms with E-state index >= 15 is 0 Å². The molecule has 3 aromatic carbocycles. The number of amides is 1. The second-order valence-electron chi connectivity index (χ2n) is 11.7. The van der Waals surface area contributed by atoms with Crippen molar-refractivity contribution >= 4 is 17.5 Å². The van der Waals surface area contributed by atoms with E-state index in [9.17, 15) is 18.7 Å². The van der Waals surface area contributed by atoms with Crippen LogP contribution in [0, 0.1) is 17.6 Å². The van der Waals surface area contributed by atoms with Crippen molar-refractivity contribution in [3.8, 4) is 22.6 Å². The first-order valence-electron chi connectivity index (χ1n) is 15.4. The number of phenolic OH excluding ortho intramolecular Hbond substituents is 1. The molecule has 0 bridgehead atoms. The molecule has 5 rings (SSSR count). The normalized spacial score (nSPS) is 17.5. The van der Waals surface area contributed by atoms with Gasteiger partial charge in [0.1, 0.15) is 23.1 Å². The summed E-state index contributed by atoms with van der Waals surface area (Å²) in [5.41, 5.74) is 9.48. The predicted molar refractivity (Wildman–Crippen MR) is 169 cm³/mol. The third-order valence-corrected chi connectivity index (χ3v) is 9.18. The van der Waals surface area contributed by atoms with Gasteiger partial charge in [-0.2, -0.15) is 0 Å². The average Bonchev–Trinajstić information content (AvgIpc) is 3.03. The molecule has 0 aromatic heterocycles. The number of nitrogens with two attached hydrogens (primary N) is 1. The summed E-state index contributed by atoms with van der Waals surface area (Å²) in [7, 11) is 0. The van der Waals surface area contributed by atoms with E-state index in [4.69, 9.17) is 22.1 Å². The van der Waals surface area contributed by atoms with E-state index in [-0.39, 0.29) is 34.2 Å². The number of piperazine rings is 1. The van der Waals surface area contributed by atoms with Crippen molar-refractivity contribution in [2.24, 2.45) is 11.7 Å². The summed E-state index contributed by atoms with van der Waals surface area (Å²) in [4.78, 5) is 19.7. The number of aromatic hydroxyl groups is 1. The number of halogens is 3. The molecular weight excluding hydrogens is 586 g/mol. The van der Waals surface area contributed by atoms with Gasteiger partial charge in [-0.25, -0.2) is 8.78 Å². The van der Waals surface area contributed by atoms with Gasteiger partial charge in [-0.1, -0.05) is 29.8 Å². The maximum Gasteiger partial charge on any atom is 0.239 e. The number of carbonyl (C=O) groups is 1. The molecule has 3 aromatic rings. The second kappa shape index (κ2) is 14.7. The Balaban J connectivity index is 1.10. The minimum atomic E-state index is -0.546. The monoisotopic (exact) mass is 626 g/mol. The van der Waals surface area contributed by atoms with Crippen molar-refractivity contribution in [1.82, 2.24) is 14.7 Å². The molecule has 2 aliphatic heterocycles. The Morgan fingerprint density at radius 2 is 1.75 bits per heavy atom.